The van der Waals surface area contributed by atoms with Crippen molar-refractivity contribution < 1.29 is 31.1 Å². The first-order chi connectivity index (χ1) is 18.2. The smallest absolute Gasteiger partial charge is 0.251 e. The van der Waals surface area contributed by atoms with Crippen molar-refractivity contribution in [3.8, 4) is 5.75 Å². The van der Waals surface area contributed by atoms with Crippen molar-refractivity contribution in [2.24, 2.45) is 0 Å². The van der Waals surface area contributed by atoms with Gasteiger partial charge in [-0.3, -0.25) is 4.79 Å². The number of carbonyl (C=O) groups is 1. The third kappa shape index (κ3) is 6.73. The Labute approximate surface area is 225 Å². The molecular weight excluding hydrogens is 530 g/mol. The maximum Gasteiger partial charge on any atom is 0.251 e. The average Bonchev–Trinajstić information content (AvgIpc) is 3.22. The highest BCUT2D eigenvalue weighted by Crippen LogP contribution is 2.24. The van der Waals surface area contributed by atoms with Crippen LogP contribution < -0.4 is 10.1 Å². The molecule has 208 valence electrons. The molecule has 38 heavy (non-hydrogen) atoms. The monoisotopic (exact) mass is 565 g/mol. The van der Waals surface area contributed by atoms with Gasteiger partial charge in [-0.15, -0.1) is 0 Å². The Morgan fingerprint density at radius 2 is 1.50 bits per heavy atom. The van der Waals surface area contributed by atoms with Gasteiger partial charge in [-0.25, -0.2) is 16.8 Å². The van der Waals surface area contributed by atoms with E-state index in [0.29, 0.717) is 50.7 Å². The lowest BCUT2D eigenvalue weighted by atomic mass is 10.1. The van der Waals surface area contributed by atoms with Crippen molar-refractivity contribution in [1.29, 1.82) is 0 Å². The molecule has 0 spiro atoms. The summed E-state index contributed by atoms with van der Waals surface area (Å²) in [5, 5.41) is 2.75. The number of ether oxygens (including phenoxy) is 2. The van der Waals surface area contributed by atoms with Gasteiger partial charge in [0.1, 0.15) is 12.4 Å². The predicted molar refractivity (Wildman–Crippen MR) is 142 cm³/mol. The van der Waals surface area contributed by atoms with Crippen LogP contribution in [-0.4, -0.2) is 83.9 Å². The van der Waals surface area contributed by atoms with E-state index < -0.39 is 26.0 Å². The standard InChI is InChI=1S/C26H35N3O7S2/c1-21-6-7-22(20-25(21)38(33,34)28-13-4-2-3-5-14-28)26(30)27-12-17-36-23-8-10-24(11-9-23)37(31,32)29-15-18-35-19-16-29/h6-11,20H,2-5,12-19H2,1H3,(H,27,30). The summed E-state index contributed by atoms with van der Waals surface area (Å²) in [6.07, 6.45) is 3.72. The molecule has 0 saturated carbocycles. The molecule has 0 aliphatic carbocycles. The van der Waals surface area contributed by atoms with E-state index in [4.69, 9.17) is 9.47 Å². The first kappa shape index (κ1) is 28.5. The number of hydrogen-bond donors (Lipinski definition) is 1. The van der Waals surface area contributed by atoms with Crippen molar-refractivity contribution >= 4 is 26.0 Å². The van der Waals surface area contributed by atoms with Crippen LogP contribution in [0.4, 0.5) is 0 Å². The van der Waals surface area contributed by atoms with Crippen LogP contribution in [0.2, 0.25) is 0 Å². The molecule has 0 radical (unpaired) electrons. The number of rotatable bonds is 9. The van der Waals surface area contributed by atoms with Gasteiger partial charge < -0.3 is 14.8 Å². The molecular formula is C26H35N3O7S2. The van der Waals surface area contributed by atoms with E-state index in [0.717, 1.165) is 25.7 Å². The SMILES string of the molecule is Cc1ccc(C(=O)NCCOc2ccc(S(=O)(=O)N3CCOCC3)cc2)cc1S(=O)(=O)N1CCCCCC1. The lowest BCUT2D eigenvalue weighted by molar-refractivity contribution is 0.0730. The van der Waals surface area contributed by atoms with Gasteiger partial charge in [0.25, 0.3) is 5.91 Å². The third-order valence-corrected chi connectivity index (χ3v) is 10.7. The summed E-state index contributed by atoms with van der Waals surface area (Å²) in [5.41, 5.74) is 0.870. The Balaban J connectivity index is 1.31. The predicted octanol–water partition coefficient (Wildman–Crippen LogP) is 2.39. The molecule has 4 rings (SSSR count). The fourth-order valence-corrected chi connectivity index (χ4v) is 7.70. The number of carbonyl (C=O) groups excluding carboxylic acids is 1. The Hall–Kier alpha value is -2.51. The van der Waals surface area contributed by atoms with E-state index in [1.54, 1.807) is 31.2 Å². The normalized spacial score (nSPS) is 18.0. The molecule has 2 heterocycles. The van der Waals surface area contributed by atoms with Crippen molar-refractivity contribution in [2.45, 2.75) is 42.4 Å². The van der Waals surface area contributed by atoms with E-state index in [1.165, 1.54) is 26.8 Å². The molecule has 2 aliphatic rings. The van der Waals surface area contributed by atoms with Gasteiger partial charge in [0.2, 0.25) is 20.0 Å². The molecule has 2 fully saturated rings. The van der Waals surface area contributed by atoms with Crippen LogP contribution in [0, 0.1) is 6.92 Å². The van der Waals surface area contributed by atoms with Gasteiger partial charge in [-0.1, -0.05) is 18.9 Å². The number of morpholine rings is 1. The molecule has 2 aliphatic heterocycles. The van der Waals surface area contributed by atoms with Crippen LogP contribution in [-0.2, 0) is 24.8 Å². The number of sulfonamides is 2. The van der Waals surface area contributed by atoms with E-state index in [1.807, 2.05) is 0 Å². The highest BCUT2D eigenvalue weighted by molar-refractivity contribution is 7.89. The van der Waals surface area contributed by atoms with Crippen LogP contribution in [0.3, 0.4) is 0 Å². The van der Waals surface area contributed by atoms with Gasteiger partial charge >= 0.3 is 0 Å². The van der Waals surface area contributed by atoms with Crippen LogP contribution in [0.25, 0.3) is 0 Å². The number of hydrogen-bond acceptors (Lipinski definition) is 7. The Morgan fingerprint density at radius 3 is 2.16 bits per heavy atom. The van der Waals surface area contributed by atoms with Crippen LogP contribution in [0.1, 0.15) is 41.6 Å². The quantitative estimate of drug-likeness (QED) is 0.463. The van der Waals surface area contributed by atoms with Gasteiger partial charge in [-0.2, -0.15) is 8.61 Å². The second-order valence-corrected chi connectivity index (χ2v) is 13.2. The highest BCUT2D eigenvalue weighted by atomic mass is 32.2. The van der Waals surface area contributed by atoms with Gasteiger partial charge in [0.15, 0.2) is 0 Å². The fourth-order valence-electron chi connectivity index (χ4n) is 4.52. The molecule has 10 nitrogen and oxygen atoms in total. The zero-order chi connectivity index (χ0) is 27.2. The maximum atomic E-state index is 13.3. The Morgan fingerprint density at radius 1 is 0.868 bits per heavy atom. The summed E-state index contributed by atoms with van der Waals surface area (Å²) >= 11 is 0. The van der Waals surface area contributed by atoms with Crippen LogP contribution in [0.5, 0.6) is 5.75 Å². The molecule has 1 N–H and O–H groups in total. The molecule has 0 bridgehead atoms. The largest absolute Gasteiger partial charge is 0.492 e. The van der Waals surface area contributed by atoms with Crippen molar-refractivity contribution in [1.82, 2.24) is 13.9 Å². The molecule has 0 unspecified atom stereocenters. The van der Waals surface area contributed by atoms with Gasteiger partial charge in [0, 0.05) is 31.7 Å². The second-order valence-electron chi connectivity index (χ2n) is 9.39. The van der Waals surface area contributed by atoms with E-state index in [-0.39, 0.29) is 28.5 Å². The number of nitrogens with zero attached hydrogens (tertiary/aromatic N) is 2. The first-order valence-electron chi connectivity index (χ1n) is 12.9. The first-order valence-corrected chi connectivity index (χ1v) is 15.8. The van der Waals surface area contributed by atoms with Crippen molar-refractivity contribution in [2.75, 3.05) is 52.5 Å². The molecule has 2 aromatic rings. The number of nitrogens with one attached hydrogen (secondary N) is 1. The van der Waals surface area contributed by atoms with Crippen molar-refractivity contribution in [3.63, 3.8) is 0 Å². The average molecular weight is 566 g/mol. The number of aryl methyl sites for hydroxylation is 1. The third-order valence-electron chi connectivity index (χ3n) is 6.72. The highest BCUT2D eigenvalue weighted by Gasteiger charge is 2.28. The minimum Gasteiger partial charge on any atom is -0.492 e. The topological polar surface area (TPSA) is 122 Å². The molecule has 12 heteroatoms. The second kappa shape index (κ2) is 12.6. The zero-order valence-corrected chi connectivity index (χ0v) is 23.2. The summed E-state index contributed by atoms with van der Waals surface area (Å²) in [7, 11) is -7.26. The molecule has 0 atom stereocenters. The summed E-state index contributed by atoms with van der Waals surface area (Å²) in [4.78, 5) is 13.1. The summed E-state index contributed by atoms with van der Waals surface area (Å²) < 4.78 is 65.8. The lowest BCUT2D eigenvalue weighted by Gasteiger charge is -2.26. The zero-order valence-electron chi connectivity index (χ0n) is 21.6. The summed E-state index contributed by atoms with van der Waals surface area (Å²) in [5.74, 6) is 0.0780. The summed E-state index contributed by atoms with van der Waals surface area (Å²) in [6, 6.07) is 10.9. The maximum absolute atomic E-state index is 13.3. The minimum atomic E-state index is -3.68. The fraction of sp³-hybridized carbons (Fsp3) is 0.500. The van der Waals surface area contributed by atoms with Crippen LogP contribution >= 0.6 is 0 Å². The molecule has 0 aromatic heterocycles. The number of amides is 1. The lowest BCUT2D eigenvalue weighted by Crippen LogP contribution is -2.40. The van der Waals surface area contributed by atoms with Gasteiger partial charge in [0.05, 0.1) is 29.5 Å². The minimum absolute atomic E-state index is 0.159. The van der Waals surface area contributed by atoms with Crippen molar-refractivity contribution in [3.05, 3.63) is 53.6 Å². The number of benzene rings is 2. The van der Waals surface area contributed by atoms with Crippen LogP contribution in [0.15, 0.2) is 52.3 Å². The molecule has 2 aromatic carbocycles. The van der Waals surface area contributed by atoms with E-state index >= 15 is 0 Å². The Kier molecular flexibility index (Phi) is 9.42. The molecule has 2 saturated heterocycles. The van der Waals surface area contributed by atoms with E-state index in [2.05, 4.69) is 5.32 Å². The Bertz CT molecular complexity index is 1320. The van der Waals surface area contributed by atoms with E-state index in [9.17, 15) is 21.6 Å². The van der Waals surface area contributed by atoms with Gasteiger partial charge in [-0.05, 0) is 61.7 Å². The summed E-state index contributed by atoms with van der Waals surface area (Å²) in [6.45, 7) is 4.48. The molecule has 1 amide bonds.